The maximum atomic E-state index is 5.91. The third-order valence-electron chi connectivity index (χ3n) is 3.43. The van der Waals surface area contributed by atoms with Gasteiger partial charge in [0.1, 0.15) is 5.75 Å². The molecule has 1 aromatic heterocycles. The average Bonchev–Trinajstić information content (AvgIpc) is 2.71. The summed E-state index contributed by atoms with van der Waals surface area (Å²) in [4.78, 5) is 4.37. The van der Waals surface area contributed by atoms with E-state index in [-0.39, 0.29) is 0 Å². The first-order valence-corrected chi connectivity index (χ1v) is 6.71. The molecule has 0 saturated carbocycles. The maximum Gasteiger partial charge on any atom is 0.193 e. The van der Waals surface area contributed by atoms with Gasteiger partial charge in [-0.2, -0.15) is 5.10 Å². The molecule has 112 valence electrons. The summed E-state index contributed by atoms with van der Waals surface area (Å²) < 4.78 is 6.96. The van der Waals surface area contributed by atoms with E-state index in [1.54, 1.807) is 7.11 Å². The molecule has 2 rings (SSSR count). The monoisotopic (exact) mass is 287 g/mol. The minimum atomic E-state index is 0.378. The molecule has 21 heavy (non-hydrogen) atoms. The van der Waals surface area contributed by atoms with E-state index in [1.165, 1.54) is 0 Å². The van der Waals surface area contributed by atoms with Crippen molar-refractivity contribution in [3.05, 3.63) is 41.2 Å². The Morgan fingerprint density at radius 1 is 1.33 bits per heavy atom. The smallest absolute Gasteiger partial charge is 0.193 e. The largest absolute Gasteiger partial charge is 0.497 e. The summed E-state index contributed by atoms with van der Waals surface area (Å²) in [7, 11) is 3.56. The van der Waals surface area contributed by atoms with Gasteiger partial charge in [-0.25, -0.2) is 4.99 Å². The number of ether oxygens (including phenoxy) is 1. The number of anilines is 1. The van der Waals surface area contributed by atoms with E-state index in [0.29, 0.717) is 12.5 Å². The molecule has 1 heterocycles. The Morgan fingerprint density at radius 2 is 2.00 bits per heavy atom. The number of hydrogen-bond acceptors (Lipinski definition) is 3. The van der Waals surface area contributed by atoms with Crippen molar-refractivity contribution in [3.63, 3.8) is 0 Å². The Labute approximate surface area is 124 Å². The molecule has 0 unspecified atom stereocenters. The second-order valence-electron chi connectivity index (χ2n) is 4.83. The van der Waals surface area contributed by atoms with Gasteiger partial charge in [-0.1, -0.05) is 0 Å². The highest BCUT2D eigenvalue weighted by Crippen LogP contribution is 2.15. The average molecular weight is 287 g/mol. The van der Waals surface area contributed by atoms with Gasteiger partial charge in [0.05, 0.1) is 19.3 Å². The fourth-order valence-corrected chi connectivity index (χ4v) is 2.07. The molecule has 0 amide bonds. The molecule has 0 fully saturated rings. The summed E-state index contributed by atoms with van der Waals surface area (Å²) >= 11 is 0. The molecule has 0 bridgehead atoms. The van der Waals surface area contributed by atoms with Crippen molar-refractivity contribution < 1.29 is 4.74 Å². The highest BCUT2D eigenvalue weighted by molar-refractivity contribution is 5.92. The molecule has 0 aliphatic heterocycles. The van der Waals surface area contributed by atoms with E-state index < -0.39 is 0 Å². The molecular weight excluding hydrogens is 266 g/mol. The van der Waals surface area contributed by atoms with Gasteiger partial charge < -0.3 is 15.8 Å². The molecule has 0 aliphatic carbocycles. The second kappa shape index (κ2) is 6.30. The number of guanidine groups is 1. The first-order valence-electron chi connectivity index (χ1n) is 6.71. The maximum absolute atomic E-state index is 5.91. The molecule has 0 radical (unpaired) electrons. The van der Waals surface area contributed by atoms with E-state index >= 15 is 0 Å². The van der Waals surface area contributed by atoms with Crippen LogP contribution in [-0.4, -0.2) is 22.8 Å². The van der Waals surface area contributed by atoms with Crippen LogP contribution in [0.3, 0.4) is 0 Å². The third kappa shape index (κ3) is 3.53. The van der Waals surface area contributed by atoms with Gasteiger partial charge in [-0.05, 0) is 38.1 Å². The van der Waals surface area contributed by atoms with Gasteiger partial charge >= 0.3 is 0 Å². The number of aliphatic imine (C=N–C) groups is 1. The van der Waals surface area contributed by atoms with Gasteiger partial charge in [0.2, 0.25) is 0 Å². The van der Waals surface area contributed by atoms with Gasteiger partial charge in [0, 0.05) is 24.0 Å². The lowest BCUT2D eigenvalue weighted by molar-refractivity contribution is 0.415. The van der Waals surface area contributed by atoms with Crippen molar-refractivity contribution in [1.29, 1.82) is 0 Å². The Bertz CT molecular complexity index is 643. The van der Waals surface area contributed by atoms with E-state index in [1.807, 2.05) is 49.8 Å². The molecule has 0 saturated heterocycles. The van der Waals surface area contributed by atoms with Crippen molar-refractivity contribution in [1.82, 2.24) is 9.78 Å². The summed E-state index contributed by atoms with van der Waals surface area (Å²) in [5.41, 5.74) is 9.98. The number of aryl methyl sites for hydroxylation is 2. The summed E-state index contributed by atoms with van der Waals surface area (Å²) in [5, 5.41) is 7.42. The lowest BCUT2D eigenvalue weighted by atomic mass is 10.2. The normalized spacial score (nSPS) is 11.5. The van der Waals surface area contributed by atoms with Crippen LogP contribution in [0.1, 0.15) is 17.0 Å². The molecule has 0 atom stereocenters. The lowest BCUT2D eigenvalue weighted by Gasteiger charge is -2.07. The minimum Gasteiger partial charge on any atom is -0.497 e. The summed E-state index contributed by atoms with van der Waals surface area (Å²) in [6.45, 7) is 4.52. The number of nitrogens with zero attached hydrogens (tertiary/aromatic N) is 3. The first-order chi connectivity index (χ1) is 10.0. The van der Waals surface area contributed by atoms with Crippen LogP contribution in [0.4, 0.5) is 5.69 Å². The minimum absolute atomic E-state index is 0.378. The van der Waals surface area contributed by atoms with Crippen LogP contribution in [0.5, 0.6) is 5.75 Å². The van der Waals surface area contributed by atoms with Crippen molar-refractivity contribution in [3.8, 4) is 5.75 Å². The molecule has 6 nitrogen and oxygen atoms in total. The number of nitrogens with one attached hydrogen (secondary N) is 1. The molecule has 6 heteroatoms. The molecule has 2 aromatic rings. The predicted octanol–water partition coefficient (Wildman–Crippen LogP) is 1.97. The Kier molecular flexibility index (Phi) is 4.47. The third-order valence-corrected chi connectivity index (χ3v) is 3.43. The quantitative estimate of drug-likeness (QED) is 0.666. The van der Waals surface area contributed by atoms with Crippen LogP contribution in [0.25, 0.3) is 0 Å². The number of benzene rings is 1. The molecule has 1 aromatic carbocycles. The van der Waals surface area contributed by atoms with Crippen LogP contribution >= 0.6 is 0 Å². The van der Waals surface area contributed by atoms with E-state index in [2.05, 4.69) is 15.4 Å². The van der Waals surface area contributed by atoms with E-state index in [0.717, 1.165) is 28.4 Å². The van der Waals surface area contributed by atoms with Gasteiger partial charge in [-0.15, -0.1) is 0 Å². The molecule has 3 N–H and O–H groups in total. The van der Waals surface area contributed by atoms with Gasteiger partial charge in [0.25, 0.3) is 0 Å². The lowest BCUT2D eigenvalue weighted by Crippen LogP contribution is -2.22. The van der Waals surface area contributed by atoms with Crippen molar-refractivity contribution in [2.45, 2.75) is 20.4 Å². The van der Waals surface area contributed by atoms with Crippen LogP contribution in [0, 0.1) is 13.8 Å². The van der Waals surface area contributed by atoms with E-state index in [4.69, 9.17) is 10.5 Å². The van der Waals surface area contributed by atoms with Crippen molar-refractivity contribution >= 4 is 11.6 Å². The zero-order chi connectivity index (χ0) is 15.4. The zero-order valence-corrected chi connectivity index (χ0v) is 12.8. The number of rotatable bonds is 4. The number of nitrogens with two attached hydrogens (primary N) is 1. The molecular formula is C15H21N5O. The highest BCUT2D eigenvalue weighted by atomic mass is 16.5. The first kappa shape index (κ1) is 14.9. The SMILES string of the molecule is COc1ccc(NC(N)=NCc2c(C)nn(C)c2C)cc1. The standard InChI is InChI=1S/C15H21N5O/c1-10-14(11(2)20(3)19-10)9-17-15(16)18-12-5-7-13(21-4)8-6-12/h5-8H,9H2,1-4H3,(H3,16,17,18). The van der Waals surface area contributed by atoms with E-state index in [9.17, 15) is 0 Å². The van der Waals surface area contributed by atoms with Crippen molar-refractivity contribution in [2.24, 2.45) is 17.8 Å². The summed E-state index contributed by atoms with van der Waals surface area (Å²) in [6, 6.07) is 7.51. The summed E-state index contributed by atoms with van der Waals surface area (Å²) in [5.74, 6) is 1.18. The Hall–Kier alpha value is -2.50. The van der Waals surface area contributed by atoms with Crippen LogP contribution < -0.4 is 15.8 Å². The van der Waals surface area contributed by atoms with Crippen molar-refractivity contribution in [2.75, 3.05) is 12.4 Å². The van der Waals surface area contributed by atoms with Gasteiger partial charge in [0.15, 0.2) is 5.96 Å². The zero-order valence-electron chi connectivity index (χ0n) is 12.8. The van der Waals surface area contributed by atoms with Crippen LogP contribution in [0.2, 0.25) is 0 Å². The number of hydrogen-bond donors (Lipinski definition) is 2. The highest BCUT2D eigenvalue weighted by Gasteiger charge is 2.08. The van der Waals surface area contributed by atoms with Gasteiger partial charge in [-0.3, -0.25) is 4.68 Å². The Balaban J connectivity index is 2.03. The second-order valence-corrected chi connectivity index (χ2v) is 4.83. The Morgan fingerprint density at radius 3 is 2.52 bits per heavy atom. The topological polar surface area (TPSA) is 77.5 Å². The van der Waals surface area contributed by atoms with Crippen LogP contribution in [0.15, 0.2) is 29.3 Å². The fourth-order valence-electron chi connectivity index (χ4n) is 2.07. The molecule has 0 aliphatic rings. The van der Waals surface area contributed by atoms with Crippen LogP contribution in [-0.2, 0) is 13.6 Å². The summed E-state index contributed by atoms with van der Waals surface area (Å²) in [6.07, 6.45) is 0. The molecule has 0 spiro atoms. The predicted molar refractivity (Wildman–Crippen MR) is 84.6 cm³/mol. The number of methoxy groups -OCH3 is 1. The number of aromatic nitrogens is 2. The fraction of sp³-hybridized carbons (Fsp3) is 0.333.